The number of carbonyl (C=O) groups is 1. The molecule has 0 aliphatic carbocycles. The average molecular weight is 374 g/mol. The van der Waals surface area contributed by atoms with Crippen LogP contribution in [0, 0.1) is 5.92 Å². The highest BCUT2D eigenvalue weighted by Crippen LogP contribution is 2.30. The number of rotatable bonds is 4. The van der Waals surface area contributed by atoms with Crippen molar-refractivity contribution in [3.8, 4) is 0 Å². The van der Waals surface area contributed by atoms with Gasteiger partial charge in [0.15, 0.2) is 0 Å². The Balaban J connectivity index is 1.49. The summed E-state index contributed by atoms with van der Waals surface area (Å²) in [5.41, 5.74) is 0. The topological polar surface area (TPSA) is 62.2 Å². The van der Waals surface area contributed by atoms with Crippen LogP contribution in [0.2, 0.25) is 0 Å². The lowest BCUT2D eigenvalue weighted by molar-refractivity contribution is -0.135. The van der Waals surface area contributed by atoms with E-state index in [0.717, 1.165) is 40.4 Å². The Morgan fingerprint density at radius 2 is 2.24 bits per heavy atom. The summed E-state index contributed by atoms with van der Waals surface area (Å²) in [6.45, 7) is 2.22. The molecule has 4 heterocycles. The van der Waals surface area contributed by atoms with Crippen LogP contribution in [0.5, 0.6) is 0 Å². The Hall–Kier alpha value is -2.06. The second kappa shape index (κ2) is 7.05. The van der Waals surface area contributed by atoms with Gasteiger partial charge in [-0.3, -0.25) is 4.79 Å². The molecule has 3 aromatic heterocycles. The quantitative estimate of drug-likeness (QED) is 0.703. The maximum Gasteiger partial charge on any atom is 0.227 e. The number of hydrogen-bond acceptors (Lipinski definition) is 7. The number of hydrogen-bond donors (Lipinski definition) is 0. The Bertz CT molecular complexity index is 863. The molecule has 1 saturated heterocycles. The maximum absolute atomic E-state index is 12.9. The van der Waals surface area contributed by atoms with E-state index in [-0.39, 0.29) is 11.8 Å². The van der Waals surface area contributed by atoms with Crippen molar-refractivity contribution in [2.75, 3.05) is 25.0 Å². The maximum atomic E-state index is 12.9. The zero-order valence-electron chi connectivity index (χ0n) is 14.0. The highest BCUT2D eigenvalue weighted by molar-refractivity contribution is 7.16. The normalized spacial score (nSPS) is 17.8. The molecule has 3 aromatic rings. The predicted molar refractivity (Wildman–Crippen MR) is 101 cm³/mol. The minimum atomic E-state index is 0.00219. The summed E-state index contributed by atoms with van der Waals surface area (Å²) in [4.78, 5) is 31.0. The van der Waals surface area contributed by atoms with Gasteiger partial charge < -0.3 is 9.80 Å². The molecule has 0 saturated carbocycles. The van der Waals surface area contributed by atoms with Crippen LogP contribution in [0.1, 0.15) is 17.8 Å². The highest BCUT2D eigenvalue weighted by atomic mass is 32.1. The first-order valence-electron chi connectivity index (χ1n) is 8.29. The van der Waals surface area contributed by atoms with Gasteiger partial charge in [0, 0.05) is 31.7 Å². The monoisotopic (exact) mass is 373 g/mol. The SMILES string of the molecule is CN(Cc1nccs1)C(=O)[C@H]1CCCN(c2ncnc3sccc23)C1. The zero-order valence-corrected chi connectivity index (χ0v) is 15.6. The number of piperidine rings is 1. The predicted octanol–water partition coefficient (Wildman–Crippen LogP) is 3.02. The molecule has 8 heteroatoms. The molecular formula is C17H19N5OS2. The third kappa shape index (κ3) is 3.36. The van der Waals surface area contributed by atoms with E-state index in [9.17, 15) is 4.79 Å². The van der Waals surface area contributed by atoms with E-state index in [1.54, 1.807) is 40.1 Å². The molecule has 0 aromatic carbocycles. The molecule has 6 nitrogen and oxygen atoms in total. The fourth-order valence-electron chi connectivity index (χ4n) is 3.32. The molecule has 0 N–H and O–H groups in total. The van der Waals surface area contributed by atoms with Crippen molar-refractivity contribution in [3.05, 3.63) is 34.4 Å². The first-order chi connectivity index (χ1) is 12.2. The van der Waals surface area contributed by atoms with Crippen molar-refractivity contribution in [2.45, 2.75) is 19.4 Å². The summed E-state index contributed by atoms with van der Waals surface area (Å²) < 4.78 is 0. The van der Waals surface area contributed by atoms with Gasteiger partial charge in [0.1, 0.15) is 22.0 Å². The minimum absolute atomic E-state index is 0.00219. The van der Waals surface area contributed by atoms with Crippen LogP contribution in [0.4, 0.5) is 5.82 Å². The number of aromatic nitrogens is 3. The van der Waals surface area contributed by atoms with Crippen LogP contribution in [-0.4, -0.2) is 45.9 Å². The summed E-state index contributed by atoms with van der Waals surface area (Å²) in [6, 6.07) is 2.06. The van der Waals surface area contributed by atoms with Gasteiger partial charge >= 0.3 is 0 Å². The van der Waals surface area contributed by atoms with E-state index in [4.69, 9.17) is 0 Å². The Kier molecular flexibility index (Phi) is 4.63. The summed E-state index contributed by atoms with van der Waals surface area (Å²) in [5.74, 6) is 1.14. The van der Waals surface area contributed by atoms with E-state index in [1.165, 1.54) is 0 Å². The van der Waals surface area contributed by atoms with E-state index in [1.807, 2.05) is 17.8 Å². The molecular weight excluding hydrogens is 354 g/mol. The minimum Gasteiger partial charge on any atom is -0.355 e. The number of fused-ring (bicyclic) bond motifs is 1. The summed E-state index contributed by atoms with van der Waals surface area (Å²) in [7, 11) is 1.87. The van der Waals surface area contributed by atoms with E-state index in [2.05, 4.69) is 25.9 Å². The lowest BCUT2D eigenvalue weighted by Crippen LogP contribution is -2.43. The van der Waals surface area contributed by atoms with E-state index in [0.29, 0.717) is 13.1 Å². The van der Waals surface area contributed by atoms with Gasteiger partial charge in [0.2, 0.25) is 5.91 Å². The van der Waals surface area contributed by atoms with Gasteiger partial charge in [-0.05, 0) is 24.3 Å². The van der Waals surface area contributed by atoms with Crippen molar-refractivity contribution in [1.82, 2.24) is 19.9 Å². The third-order valence-electron chi connectivity index (χ3n) is 4.54. The lowest BCUT2D eigenvalue weighted by Gasteiger charge is -2.34. The molecule has 1 aliphatic rings. The summed E-state index contributed by atoms with van der Waals surface area (Å²) in [6.07, 6.45) is 5.32. The number of thiazole rings is 1. The standard InChI is InChI=1S/C17H19N5OS2/c1-21(10-14-18-5-8-24-14)17(23)12-3-2-6-22(9-12)15-13-4-7-25-16(13)20-11-19-15/h4-5,7-8,11-12H,2-3,6,9-10H2,1H3/t12-/m0/s1. The van der Waals surface area contributed by atoms with Crippen LogP contribution < -0.4 is 4.90 Å². The Morgan fingerprint density at radius 3 is 3.08 bits per heavy atom. The van der Waals surface area contributed by atoms with Crippen molar-refractivity contribution >= 4 is 44.6 Å². The van der Waals surface area contributed by atoms with Crippen molar-refractivity contribution in [2.24, 2.45) is 5.92 Å². The van der Waals surface area contributed by atoms with Crippen LogP contribution in [0.3, 0.4) is 0 Å². The molecule has 130 valence electrons. The van der Waals surface area contributed by atoms with Crippen molar-refractivity contribution in [3.63, 3.8) is 0 Å². The number of carbonyl (C=O) groups excluding carboxylic acids is 1. The molecule has 1 amide bonds. The van der Waals surface area contributed by atoms with Gasteiger partial charge in [-0.25, -0.2) is 15.0 Å². The van der Waals surface area contributed by atoms with Gasteiger partial charge in [0.05, 0.1) is 17.8 Å². The number of nitrogens with zero attached hydrogens (tertiary/aromatic N) is 5. The number of anilines is 1. The average Bonchev–Trinajstić information content (AvgIpc) is 3.32. The molecule has 1 atom stereocenters. The molecule has 0 spiro atoms. The van der Waals surface area contributed by atoms with Crippen molar-refractivity contribution < 1.29 is 4.79 Å². The largest absolute Gasteiger partial charge is 0.355 e. The second-order valence-corrected chi connectivity index (χ2v) is 8.12. The number of thiophene rings is 1. The first kappa shape index (κ1) is 16.4. The van der Waals surface area contributed by atoms with Gasteiger partial charge in [-0.1, -0.05) is 0 Å². The molecule has 0 bridgehead atoms. The van der Waals surface area contributed by atoms with Gasteiger partial charge in [-0.2, -0.15) is 0 Å². The fourth-order valence-corrected chi connectivity index (χ4v) is 4.72. The zero-order chi connectivity index (χ0) is 17.2. The van der Waals surface area contributed by atoms with Crippen LogP contribution in [0.15, 0.2) is 29.4 Å². The van der Waals surface area contributed by atoms with E-state index >= 15 is 0 Å². The van der Waals surface area contributed by atoms with Crippen molar-refractivity contribution in [1.29, 1.82) is 0 Å². The molecule has 25 heavy (non-hydrogen) atoms. The molecule has 1 aliphatic heterocycles. The molecule has 4 rings (SSSR count). The molecule has 1 fully saturated rings. The van der Waals surface area contributed by atoms with Gasteiger partial charge in [0.25, 0.3) is 0 Å². The smallest absolute Gasteiger partial charge is 0.227 e. The van der Waals surface area contributed by atoms with Crippen LogP contribution in [-0.2, 0) is 11.3 Å². The Labute approximate surface area is 154 Å². The van der Waals surface area contributed by atoms with E-state index < -0.39 is 0 Å². The second-order valence-electron chi connectivity index (χ2n) is 6.24. The lowest BCUT2D eigenvalue weighted by atomic mass is 9.96. The first-order valence-corrected chi connectivity index (χ1v) is 10.0. The summed E-state index contributed by atoms with van der Waals surface area (Å²) in [5, 5.41) is 6.03. The summed E-state index contributed by atoms with van der Waals surface area (Å²) >= 11 is 3.20. The molecule has 0 radical (unpaired) electrons. The third-order valence-corrected chi connectivity index (χ3v) is 6.13. The van der Waals surface area contributed by atoms with Gasteiger partial charge in [-0.15, -0.1) is 22.7 Å². The molecule has 0 unspecified atom stereocenters. The van der Waals surface area contributed by atoms with Crippen LogP contribution in [0.25, 0.3) is 10.2 Å². The number of amides is 1. The highest BCUT2D eigenvalue weighted by Gasteiger charge is 2.29. The van der Waals surface area contributed by atoms with Crippen LogP contribution >= 0.6 is 22.7 Å². The Morgan fingerprint density at radius 1 is 1.32 bits per heavy atom. The fraction of sp³-hybridized carbons (Fsp3) is 0.412.